The van der Waals surface area contributed by atoms with E-state index < -0.39 is 5.97 Å². The number of benzene rings is 1. The summed E-state index contributed by atoms with van der Waals surface area (Å²) < 4.78 is 5.37. The number of carboxylic acids is 1. The van der Waals surface area contributed by atoms with Crippen molar-refractivity contribution < 1.29 is 19.1 Å². The fourth-order valence-electron chi connectivity index (χ4n) is 2.12. The Morgan fingerprint density at radius 1 is 1.22 bits per heavy atom. The van der Waals surface area contributed by atoms with Gasteiger partial charge in [0.15, 0.2) is 0 Å². The predicted octanol–water partition coefficient (Wildman–Crippen LogP) is 3.79. The van der Waals surface area contributed by atoms with Gasteiger partial charge in [-0.05, 0) is 30.7 Å². The summed E-state index contributed by atoms with van der Waals surface area (Å²) in [6.07, 6.45) is 0.166. The number of likely N-dealkylation sites (N-methyl/N-ethyl adjacent to an activating group) is 1. The van der Waals surface area contributed by atoms with Crippen LogP contribution in [0, 0.1) is 6.92 Å². The number of amides is 1. The molecule has 0 aliphatic rings. The molecule has 122 valence electrons. The molecule has 2 rings (SSSR count). The highest BCUT2D eigenvalue weighted by Gasteiger charge is 2.17. The lowest BCUT2D eigenvalue weighted by Crippen LogP contribution is -2.27. The Kier molecular flexibility index (Phi) is 5.34. The monoisotopic (exact) mass is 355 g/mol. The molecular weight excluding hydrogens is 341 g/mol. The van der Waals surface area contributed by atoms with Gasteiger partial charge in [0.2, 0.25) is 5.91 Å². The first-order chi connectivity index (χ1) is 10.8. The maximum Gasteiger partial charge on any atom is 0.339 e. The molecule has 1 heterocycles. The maximum atomic E-state index is 12.2. The lowest BCUT2D eigenvalue weighted by Gasteiger charge is -2.16. The predicted molar refractivity (Wildman–Crippen MR) is 87.0 cm³/mol. The first kappa shape index (κ1) is 17.4. The minimum absolute atomic E-state index is 0.102. The first-order valence-corrected chi connectivity index (χ1v) is 7.54. The van der Waals surface area contributed by atoms with Crippen LogP contribution in [0.25, 0.3) is 0 Å². The van der Waals surface area contributed by atoms with Gasteiger partial charge in [0.05, 0.1) is 23.0 Å². The SMILES string of the molecule is Cc1oc(CN(C)C(=O)Cc2ccc(Cl)c(Cl)c2)cc1C(=O)O. The number of hydrogen-bond acceptors (Lipinski definition) is 3. The van der Waals surface area contributed by atoms with E-state index in [0.29, 0.717) is 21.6 Å². The van der Waals surface area contributed by atoms with Gasteiger partial charge in [0.1, 0.15) is 17.1 Å². The molecule has 0 atom stereocenters. The van der Waals surface area contributed by atoms with Crippen molar-refractivity contribution in [3.63, 3.8) is 0 Å². The molecule has 1 aromatic carbocycles. The summed E-state index contributed by atoms with van der Waals surface area (Å²) in [7, 11) is 1.62. The van der Waals surface area contributed by atoms with Crippen LogP contribution in [0.5, 0.6) is 0 Å². The number of nitrogens with zero attached hydrogens (tertiary/aromatic N) is 1. The van der Waals surface area contributed by atoms with Crippen molar-refractivity contribution in [1.29, 1.82) is 0 Å². The van der Waals surface area contributed by atoms with Crippen molar-refractivity contribution in [3.05, 3.63) is 57.0 Å². The molecule has 1 N–H and O–H groups in total. The van der Waals surface area contributed by atoms with Gasteiger partial charge in [-0.2, -0.15) is 0 Å². The van der Waals surface area contributed by atoms with Crippen molar-refractivity contribution in [2.75, 3.05) is 7.05 Å². The largest absolute Gasteiger partial charge is 0.478 e. The highest BCUT2D eigenvalue weighted by atomic mass is 35.5. The average molecular weight is 356 g/mol. The molecule has 0 radical (unpaired) electrons. The molecular formula is C16H15Cl2NO4. The number of furan rings is 1. The van der Waals surface area contributed by atoms with Gasteiger partial charge in [0.25, 0.3) is 0 Å². The number of aryl methyl sites for hydroxylation is 1. The van der Waals surface area contributed by atoms with Crippen molar-refractivity contribution in [3.8, 4) is 0 Å². The zero-order valence-corrected chi connectivity index (χ0v) is 14.1. The van der Waals surface area contributed by atoms with Crippen LogP contribution < -0.4 is 0 Å². The van der Waals surface area contributed by atoms with Crippen LogP contribution in [0.4, 0.5) is 0 Å². The highest BCUT2D eigenvalue weighted by Crippen LogP contribution is 2.23. The number of halogens is 2. The summed E-state index contributed by atoms with van der Waals surface area (Å²) in [6.45, 7) is 1.76. The number of carboxylic acid groups (broad SMARTS) is 1. The van der Waals surface area contributed by atoms with Gasteiger partial charge in [-0.1, -0.05) is 29.3 Å². The van der Waals surface area contributed by atoms with E-state index in [4.69, 9.17) is 32.7 Å². The summed E-state index contributed by atoms with van der Waals surface area (Å²) in [5, 5.41) is 9.83. The van der Waals surface area contributed by atoms with E-state index >= 15 is 0 Å². The first-order valence-electron chi connectivity index (χ1n) is 6.78. The Balaban J connectivity index is 2.03. The third-order valence-electron chi connectivity index (χ3n) is 3.36. The standard InChI is InChI=1S/C16H15Cl2NO4/c1-9-12(16(21)22)7-11(23-9)8-19(2)15(20)6-10-3-4-13(17)14(18)5-10/h3-5,7H,6,8H2,1-2H3,(H,21,22). The molecule has 0 aliphatic carbocycles. The minimum atomic E-state index is -1.05. The molecule has 1 amide bonds. The second-order valence-electron chi connectivity index (χ2n) is 5.16. The van der Waals surface area contributed by atoms with E-state index in [1.54, 1.807) is 32.2 Å². The smallest absolute Gasteiger partial charge is 0.339 e. The second-order valence-corrected chi connectivity index (χ2v) is 5.98. The molecule has 0 unspecified atom stereocenters. The normalized spacial score (nSPS) is 10.6. The lowest BCUT2D eigenvalue weighted by molar-refractivity contribution is -0.129. The van der Waals surface area contributed by atoms with Gasteiger partial charge in [0, 0.05) is 7.05 Å². The molecule has 1 aromatic heterocycles. The fourth-order valence-corrected chi connectivity index (χ4v) is 2.44. The Hall–Kier alpha value is -1.98. The highest BCUT2D eigenvalue weighted by molar-refractivity contribution is 6.42. The number of hydrogen-bond donors (Lipinski definition) is 1. The number of aromatic carboxylic acids is 1. The van der Waals surface area contributed by atoms with Crippen LogP contribution >= 0.6 is 23.2 Å². The quantitative estimate of drug-likeness (QED) is 0.885. The number of rotatable bonds is 5. The third-order valence-corrected chi connectivity index (χ3v) is 4.10. The summed E-state index contributed by atoms with van der Waals surface area (Å²) in [6, 6.07) is 6.46. The topological polar surface area (TPSA) is 70.8 Å². The van der Waals surface area contributed by atoms with E-state index in [1.807, 2.05) is 0 Å². The van der Waals surface area contributed by atoms with Crippen LogP contribution in [0.3, 0.4) is 0 Å². The van der Waals surface area contributed by atoms with Crippen LogP contribution in [0.2, 0.25) is 10.0 Å². The van der Waals surface area contributed by atoms with Crippen LogP contribution in [-0.4, -0.2) is 28.9 Å². The van der Waals surface area contributed by atoms with Crippen molar-refractivity contribution >= 4 is 35.1 Å². The minimum Gasteiger partial charge on any atom is -0.478 e. The van der Waals surface area contributed by atoms with Gasteiger partial charge in [-0.15, -0.1) is 0 Å². The summed E-state index contributed by atoms with van der Waals surface area (Å²) in [5.41, 5.74) is 0.850. The van der Waals surface area contributed by atoms with E-state index in [2.05, 4.69) is 0 Å². The Morgan fingerprint density at radius 3 is 2.48 bits per heavy atom. The van der Waals surface area contributed by atoms with Crippen molar-refractivity contribution in [1.82, 2.24) is 4.90 Å². The molecule has 0 saturated heterocycles. The molecule has 2 aromatic rings. The Labute approximate surface area is 143 Å². The van der Waals surface area contributed by atoms with Crippen molar-refractivity contribution in [2.24, 2.45) is 0 Å². The number of carbonyl (C=O) groups is 2. The van der Waals surface area contributed by atoms with Crippen LogP contribution in [0.15, 0.2) is 28.7 Å². The fraction of sp³-hybridized carbons (Fsp3) is 0.250. The summed E-state index contributed by atoms with van der Waals surface area (Å²) >= 11 is 11.8. The molecule has 0 spiro atoms. The van der Waals surface area contributed by atoms with Crippen LogP contribution in [-0.2, 0) is 17.8 Å². The second kappa shape index (κ2) is 7.06. The van der Waals surface area contributed by atoms with E-state index in [9.17, 15) is 9.59 Å². The Bertz CT molecular complexity index is 755. The van der Waals surface area contributed by atoms with Gasteiger partial charge >= 0.3 is 5.97 Å². The zero-order chi connectivity index (χ0) is 17.1. The van der Waals surface area contributed by atoms with E-state index in [0.717, 1.165) is 5.56 Å². The van der Waals surface area contributed by atoms with Gasteiger partial charge in [-0.25, -0.2) is 4.79 Å². The van der Waals surface area contributed by atoms with Gasteiger partial charge < -0.3 is 14.4 Å². The molecule has 0 aliphatic heterocycles. The molecule has 0 fully saturated rings. The molecule has 0 saturated carbocycles. The molecule has 23 heavy (non-hydrogen) atoms. The lowest BCUT2D eigenvalue weighted by atomic mass is 10.1. The average Bonchev–Trinajstić information content (AvgIpc) is 2.83. The summed E-state index contributed by atoms with van der Waals surface area (Å²) in [4.78, 5) is 24.7. The third kappa shape index (κ3) is 4.27. The molecule has 0 bridgehead atoms. The van der Waals surface area contributed by atoms with E-state index in [-0.39, 0.29) is 24.4 Å². The van der Waals surface area contributed by atoms with E-state index in [1.165, 1.54) is 11.0 Å². The Morgan fingerprint density at radius 2 is 1.91 bits per heavy atom. The van der Waals surface area contributed by atoms with Crippen molar-refractivity contribution in [2.45, 2.75) is 19.9 Å². The number of carbonyl (C=O) groups excluding carboxylic acids is 1. The summed E-state index contributed by atoms with van der Waals surface area (Å²) in [5.74, 6) is -0.459. The van der Waals surface area contributed by atoms with Gasteiger partial charge in [-0.3, -0.25) is 4.79 Å². The molecule has 5 nitrogen and oxygen atoms in total. The maximum absolute atomic E-state index is 12.2. The zero-order valence-electron chi connectivity index (χ0n) is 12.6. The molecule has 7 heteroatoms. The van der Waals surface area contributed by atoms with Crippen LogP contribution in [0.1, 0.15) is 27.4 Å².